The van der Waals surface area contributed by atoms with E-state index in [1.54, 1.807) is 7.05 Å². The highest BCUT2D eigenvalue weighted by molar-refractivity contribution is 5.78. The maximum absolute atomic E-state index is 11.5. The third kappa shape index (κ3) is 5.18. The molecule has 1 aliphatic heterocycles. The molecule has 0 spiro atoms. The van der Waals surface area contributed by atoms with E-state index in [0.717, 1.165) is 25.9 Å². The lowest BCUT2D eigenvalue weighted by Crippen LogP contribution is -2.42. The Morgan fingerprint density at radius 1 is 1.38 bits per heavy atom. The Hall–Kier alpha value is -1.01. The second-order valence-corrected chi connectivity index (χ2v) is 3.58. The zero-order chi connectivity index (χ0) is 12.4. The van der Waals surface area contributed by atoms with Gasteiger partial charge in [-0.25, -0.2) is 0 Å². The van der Waals surface area contributed by atoms with Crippen molar-refractivity contribution in [2.24, 2.45) is 5.92 Å². The van der Waals surface area contributed by atoms with Crippen LogP contribution in [0.3, 0.4) is 0 Å². The van der Waals surface area contributed by atoms with Crippen LogP contribution < -0.4 is 5.32 Å². The number of nitrogens with one attached hydrogen (secondary N) is 1. The molecule has 0 aliphatic carbocycles. The van der Waals surface area contributed by atoms with E-state index in [4.69, 9.17) is 0 Å². The van der Waals surface area contributed by atoms with Gasteiger partial charge in [0.15, 0.2) is 0 Å². The van der Waals surface area contributed by atoms with Gasteiger partial charge in [0.1, 0.15) is 0 Å². The minimum Gasteiger partial charge on any atom is -0.342 e. The number of hydrogen-bond donors (Lipinski definition) is 1. The molecular weight excluding hydrogens is 200 g/mol. The Kier molecular flexibility index (Phi) is 8.65. The van der Waals surface area contributed by atoms with Gasteiger partial charge in [0.05, 0.1) is 6.54 Å². The van der Waals surface area contributed by atoms with Crippen molar-refractivity contribution in [1.82, 2.24) is 10.2 Å². The molecule has 1 saturated heterocycles. The summed E-state index contributed by atoms with van der Waals surface area (Å²) < 4.78 is 0. The van der Waals surface area contributed by atoms with E-state index in [-0.39, 0.29) is 5.91 Å². The summed E-state index contributed by atoms with van der Waals surface area (Å²) in [6, 6.07) is 0. The number of hydrogen-bond acceptors (Lipinski definition) is 2. The maximum atomic E-state index is 11.5. The maximum Gasteiger partial charge on any atom is 0.236 e. The highest BCUT2D eigenvalue weighted by atomic mass is 16.2. The van der Waals surface area contributed by atoms with Crippen LogP contribution in [-0.2, 0) is 4.79 Å². The predicted molar refractivity (Wildman–Crippen MR) is 68.0 cm³/mol. The monoisotopic (exact) mass is 224 g/mol. The molecule has 0 unspecified atom stereocenters. The van der Waals surface area contributed by atoms with Crippen LogP contribution in [0.25, 0.3) is 0 Å². The second kappa shape index (κ2) is 9.23. The summed E-state index contributed by atoms with van der Waals surface area (Å²) in [5, 5.41) is 2.88. The number of amides is 1. The summed E-state index contributed by atoms with van der Waals surface area (Å²) >= 11 is 0. The van der Waals surface area contributed by atoms with Crippen molar-refractivity contribution in [2.75, 3.05) is 26.7 Å². The molecule has 1 heterocycles. The van der Waals surface area contributed by atoms with Gasteiger partial charge in [-0.05, 0) is 26.8 Å². The molecule has 0 atom stereocenters. The molecule has 16 heavy (non-hydrogen) atoms. The molecule has 3 nitrogen and oxygen atoms in total. The Labute approximate surface area is 99.6 Å². The number of nitrogens with zero attached hydrogens (tertiary/aromatic N) is 1. The van der Waals surface area contributed by atoms with Gasteiger partial charge in [0.25, 0.3) is 0 Å². The van der Waals surface area contributed by atoms with Crippen LogP contribution in [0, 0.1) is 17.8 Å². The number of carbonyl (C=O) groups excluding carboxylic acids is 1. The Balaban J connectivity index is 0.00000106. The molecule has 1 aliphatic rings. The van der Waals surface area contributed by atoms with Crippen molar-refractivity contribution < 1.29 is 4.79 Å². The Bertz CT molecular complexity index is 244. The molecule has 0 saturated carbocycles. The third-order valence-corrected chi connectivity index (χ3v) is 2.52. The van der Waals surface area contributed by atoms with Gasteiger partial charge in [0, 0.05) is 19.0 Å². The normalized spacial score (nSPS) is 15.6. The lowest BCUT2D eigenvalue weighted by molar-refractivity contribution is -0.131. The highest BCUT2D eigenvalue weighted by Gasteiger charge is 2.20. The first-order valence-corrected chi connectivity index (χ1v) is 6.12. The standard InChI is InChI=1S/C11H18N2O.C2H6/c1-3-4-10-5-7-13(8-6-10)11(14)9-12-2;1-2/h10,12H,5-9H2,1-2H3;1-2H3. The molecule has 0 aromatic heterocycles. The fourth-order valence-electron chi connectivity index (χ4n) is 1.74. The number of piperidine rings is 1. The summed E-state index contributed by atoms with van der Waals surface area (Å²) in [6.07, 6.45) is 2.05. The average molecular weight is 224 g/mol. The summed E-state index contributed by atoms with van der Waals surface area (Å²) in [5.74, 6) is 6.82. The first kappa shape index (κ1) is 15.0. The van der Waals surface area contributed by atoms with Crippen molar-refractivity contribution in [3.05, 3.63) is 0 Å². The lowest BCUT2D eigenvalue weighted by Gasteiger charge is -2.29. The molecule has 0 bridgehead atoms. The molecule has 92 valence electrons. The summed E-state index contributed by atoms with van der Waals surface area (Å²) in [6.45, 7) is 8.04. The molecule has 3 heteroatoms. The van der Waals surface area contributed by atoms with Gasteiger partial charge in [-0.15, -0.1) is 11.8 Å². The zero-order valence-electron chi connectivity index (χ0n) is 11.0. The van der Waals surface area contributed by atoms with Gasteiger partial charge in [-0.2, -0.15) is 0 Å². The van der Waals surface area contributed by atoms with E-state index in [1.165, 1.54) is 0 Å². The Morgan fingerprint density at radius 3 is 2.38 bits per heavy atom. The van der Waals surface area contributed by atoms with Crippen LogP contribution in [0.15, 0.2) is 0 Å². The minimum absolute atomic E-state index is 0.204. The topological polar surface area (TPSA) is 32.3 Å². The summed E-state index contributed by atoms with van der Waals surface area (Å²) in [4.78, 5) is 13.4. The fraction of sp³-hybridized carbons (Fsp3) is 0.769. The van der Waals surface area contributed by atoms with Crippen molar-refractivity contribution >= 4 is 5.91 Å². The second-order valence-electron chi connectivity index (χ2n) is 3.58. The van der Waals surface area contributed by atoms with Crippen molar-refractivity contribution in [1.29, 1.82) is 0 Å². The van der Waals surface area contributed by atoms with E-state index < -0.39 is 0 Å². The number of likely N-dealkylation sites (tertiary alicyclic amines) is 1. The van der Waals surface area contributed by atoms with Gasteiger partial charge >= 0.3 is 0 Å². The van der Waals surface area contributed by atoms with E-state index in [2.05, 4.69) is 17.2 Å². The van der Waals surface area contributed by atoms with E-state index in [9.17, 15) is 4.79 Å². The van der Waals surface area contributed by atoms with Gasteiger partial charge < -0.3 is 10.2 Å². The number of carbonyl (C=O) groups is 1. The summed E-state index contributed by atoms with van der Waals surface area (Å²) in [5.41, 5.74) is 0. The molecule has 0 radical (unpaired) electrons. The molecule has 1 N–H and O–H groups in total. The van der Waals surface area contributed by atoms with E-state index in [0.29, 0.717) is 12.5 Å². The summed E-state index contributed by atoms with van der Waals surface area (Å²) in [7, 11) is 1.80. The SMILES string of the molecule is CC.CC#CC1CCN(C(=O)CNC)CC1. The largest absolute Gasteiger partial charge is 0.342 e. The molecule has 0 aromatic carbocycles. The first-order valence-electron chi connectivity index (χ1n) is 6.12. The van der Waals surface area contributed by atoms with E-state index in [1.807, 2.05) is 25.7 Å². The van der Waals surface area contributed by atoms with Crippen molar-refractivity contribution in [3.8, 4) is 11.8 Å². The highest BCUT2D eigenvalue weighted by Crippen LogP contribution is 2.15. The van der Waals surface area contributed by atoms with Crippen LogP contribution in [0.5, 0.6) is 0 Å². The van der Waals surface area contributed by atoms with Crippen molar-refractivity contribution in [3.63, 3.8) is 0 Å². The van der Waals surface area contributed by atoms with Crippen LogP contribution in [0.4, 0.5) is 0 Å². The van der Waals surface area contributed by atoms with Crippen molar-refractivity contribution in [2.45, 2.75) is 33.6 Å². The number of rotatable bonds is 2. The average Bonchev–Trinajstić information content (AvgIpc) is 2.33. The molecular formula is C13H24N2O. The van der Waals surface area contributed by atoms with Crippen LogP contribution in [0.1, 0.15) is 33.6 Å². The van der Waals surface area contributed by atoms with Crippen LogP contribution in [0.2, 0.25) is 0 Å². The van der Waals surface area contributed by atoms with Gasteiger partial charge in [0.2, 0.25) is 5.91 Å². The van der Waals surface area contributed by atoms with E-state index >= 15 is 0 Å². The fourth-order valence-corrected chi connectivity index (χ4v) is 1.74. The molecule has 1 rings (SSSR count). The Morgan fingerprint density at radius 2 is 1.94 bits per heavy atom. The quantitative estimate of drug-likeness (QED) is 0.721. The molecule has 1 amide bonds. The lowest BCUT2D eigenvalue weighted by atomic mass is 9.97. The first-order chi connectivity index (χ1) is 7.77. The third-order valence-electron chi connectivity index (χ3n) is 2.52. The van der Waals surface area contributed by atoms with Crippen LogP contribution in [-0.4, -0.2) is 37.5 Å². The molecule has 1 fully saturated rings. The smallest absolute Gasteiger partial charge is 0.236 e. The molecule has 0 aromatic rings. The predicted octanol–water partition coefficient (Wildman–Crippen LogP) is 1.49. The zero-order valence-corrected chi connectivity index (χ0v) is 11.0. The van der Waals surface area contributed by atoms with Crippen LogP contribution >= 0.6 is 0 Å². The number of likely N-dealkylation sites (N-methyl/N-ethyl adjacent to an activating group) is 1. The van der Waals surface area contributed by atoms with Gasteiger partial charge in [-0.3, -0.25) is 4.79 Å². The minimum atomic E-state index is 0.204. The van der Waals surface area contributed by atoms with Gasteiger partial charge in [-0.1, -0.05) is 13.8 Å².